The lowest BCUT2D eigenvalue weighted by atomic mass is 10.0. The van der Waals surface area contributed by atoms with Gasteiger partial charge in [0.1, 0.15) is 17.6 Å². The van der Waals surface area contributed by atoms with Crippen LogP contribution in [0.1, 0.15) is 18.1 Å². The molecule has 2 aromatic heterocycles. The molecule has 39 heavy (non-hydrogen) atoms. The normalized spacial score (nSPS) is 14.9. The van der Waals surface area contributed by atoms with Gasteiger partial charge in [-0.05, 0) is 48.5 Å². The third kappa shape index (κ3) is 6.44. The second-order valence-electron chi connectivity index (χ2n) is 9.07. The highest BCUT2D eigenvalue weighted by molar-refractivity contribution is 5.99. The fourth-order valence-electron chi connectivity index (χ4n) is 4.39. The Morgan fingerprint density at radius 3 is 2.38 bits per heavy atom. The number of nitrogens with zero attached hydrogens (tertiary/aromatic N) is 5. The van der Waals surface area contributed by atoms with E-state index in [9.17, 15) is 18.0 Å². The van der Waals surface area contributed by atoms with Gasteiger partial charge in [0.2, 0.25) is 5.88 Å². The average Bonchev–Trinajstić information content (AvgIpc) is 3.41. The minimum absolute atomic E-state index is 0.0478. The number of piperazine rings is 1. The summed E-state index contributed by atoms with van der Waals surface area (Å²) in [6.45, 7) is 6.30. The summed E-state index contributed by atoms with van der Waals surface area (Å²) < 4.78 is 47.4. The van der Waals surface area contributed by atoms with Crippen LogP contribution in [-0.2, 0) is 12.7 Å². The number of likely N-dealkylation sites (N-methyl/N-ethyl adjacent to an activating group) is 1. The molecule has 1 saturated heterocycles. The zero-order valence-electron chi connectivity index (χ0n) is 21.1. The minimum Gasteiger partial charge on any atom is -0.437 e. The number of carbonyl (C=O) groups is 1. The third-order valence-corrected chi connectivity index (χ3v) is 6.49. The Hall–Kier alpha value is -4.23. The molecule has 204 valence electrons. The number of anilines is 2. The van der Waals surface area contributed by atoms with Crippen LogP contribution >= 0.6 is 0 Å². The number of benzene rings is 2. The van der Waals surface area contributed by atoms with Gasteiger partial charge in [-0.3, -0.25) is 4.90 Å². The smallest absolute Gasteiger partial charge is 0.416 e. The Morgan fingerprint density at radius 2 is 1.67 bits per heavy atom. The molecular formula is C26H27F3N8O2. The van der Waals surface area contributed by atoms with Gasteiger partial charge in [-0.15, -0.1) is 0 Å². The number of hydrogen-bond acceptors (Lipinski definition) is 7. The van der Waals surface area contributed by atoms with E-state index in [1.165, 1.54) is 24.8 Å². The van der Waals surface area contributed by atoms with Crippen LogP contribution in [0.15, 0.2) is 55.1 Å². The maximum atomic E-state index is 13.9. The number of urea groups is 1. The number of H-pyrrole nitrogens is 1. The number of halogens is 3. The monoisotopic (exact) mass is 540 g/mol. The van der Waals surface area contributed by atoms with Crippen LogP contribution in [0.5, 0.6) is 11.6 Å². The summed E-state index contributed by atoms with van der Waals surface area (Å²) >= 11 is 0. The van der Waals surface area contributed by atoms with Crippen molar-refractivity contribution in [1.82, 2.24) is 29.7 Å². The first kappa shape index (κ1) is 26.4. The SMILES string of the molecule is CCN1CCN(Cc2ccc(NC(=O)Nc3ccc(Oc4ncnc5nc[nH]c45)cc3)cc2C(F)(F)F)CC1. The van der Waals surface area contributed by atoms with E-state index >= 15 is 0 Å². The van der Waals surface area contributed by atoms with Gasteiger partial charge in [-0.2, -0.15) is 18.2 Å². The lowest BCUT2D eigenvalue weighted by Gasteiger charge is -2.34. The first-order valence-corrected chi connectivity index (χ1v) is 12.4. The number of alkyl halides is 3. The molecule has 0 saturated carbocycles. The van der Waals surface area contributed by atoms with Crippen LogP contribution in [0.4, 0.5) is 29.3 Å². The summed E-state index contributed by atoms with van der Waals surface area (Å²) in [6, 6.07) is 9.67. The van der Waals surface area contributed by atoms with Crippen molar-refractivity contribution in [2.45, 2.75) is 19.6 Å². The van der Waals surface area contributed by atoms with Crippen LogP contribution < -0.4 is 15.4 Å². The van der Waals surface area contributed by atoms with Crippen LogP contribution in [0.3, 0.4) is 0 Å². The highest BCUT2D eigenvalue weighted by atomic mass is 19.4. The lowest BCUT2D eigenvalue weighted by molar-refractivity contribution is -0.138. The van der Waals surface area contributed by atoms with E-state index < -0.39 is 17.8 Å². The second kappa shape index (κ2) is 11.3. The topological polar surface area (TPSA) is 111 Å². The number of amides is 2. The standard InChI is InChI=1S/C26H27F3N8O2/c1-2-36-9-11-37(12-10-36)14-17-3-4-19(13-21(17)26(27,28)29)35-25(38)34-18-5-7-20(8-6-18)39-24-22-23(31-15-30-22)32-16-33-24/h3-8,13,15-16H,2,9-12,14H2,1H3,(H2,34,35,38)(H,30,31,32,33). The van der Waals surface area contributed by atoms with Crippen LogP contribution in [-0.4, -0.2) is 68.5 Å². The fourth-order valence-corrected chi connectivity index (χ4v) is 4.39. The maximum Gasteiger partial charge on any atom is 0.416 e. The predicted molar refractivity (Wildman–Crippen MR) is 140 cm³/mol. The van der Waals surface area contributed by atoms with E-state index in [1.54, 1.807) is 24.3 Å². The molecule has 3 heterocycles. The van der Waals surface area contributed by atoms with E-state index in [2.05, 4.69) is 42.4 Å². The number of rotatable bonds is 7. The summed E-state index contributed by atoms with van der Waals surface area (Å²) in [5, 5.41) is 5.10. The van der Waals surface area contributed by atoms with Crippen molar-refractivity contribution < 1.29 is 22.7 Å². The van der Waals surface area contributed by atoms with Crippen molar-refractivity contribution in [2.24, 2.45) is 0 Å². The number of nitrogens with one attached hydrogen (secondary N) is 3. The largest absolute Gasteiger partial charge is 0.437 e. The molecule has 1 aliphatic rings. The lowest BCUT2D eigenvalue weighted by Crippen LogP contribution is -2.45. The Balaban J connectivity index is 1.21. The van der Waals surface area contributed by atoms with Gasteiger partial charge in [0.25, 0.3) is 0 Å². The molecule has 0 bridgehead atoms. The number of ether oxygens (including phenoxy) is 1. The number of aromatic nitrogens is 4. The van der Waals surface area contributed by atoms with E-state index in [-0.39, 0.29) is 17.8 Å². The van der Waals surface area contributed by atoms with Crippen molar-refractivity contribution in [3.63, 3.8) is 0 Å². The third-order valence-electron chi connectivity index (χ3n) is 6.49. The molecule has 0 aliphatic carbocycles. The molecule has 13 heteroatoms. The zero-order chi connectivity index (χ0) is 27.4. The van der Waals surface area contributed by atoms with E-state index in [0.717, 1.165) is 25.7 Å². The van der Waals surface area contributed by atoms with Gasteiger partial charge < -0.3 is 25.3 Å². The van der Waals surface area contributed by atoms with Crippen molar-refractivity contribution in [2.75, 3.05) is 43.4 Å². The Bertz CT molecular complexity index is 1430. The molecule has 3 N–H and O–H groups in total. The van der Waals surface area contributed by atoms with Gasteiger partial charge in [-0.1, -0.05) is 13.0 Å². The Labute approximate surface area is 222 Å². The van der Waals surface area contributed by atoms with Crippen molar-refractivity contribution in [3.05, 3.63) is 66.2 Å². The summed E-state index contributed by atoms with van der Waals surface area (Å²) in [5.74, 6) is 0.750. The molecule has 10 nitrogen and oxygen atoms in total. The Kier molecular flexibility index (Phi) is 7.61. The number of imidazole rings is 1. The average molecular weight is 541 g/mol. The highest BCUT2D eigenvalue weighted by Gasteiger charge is 2.34. The fraction of sp³-hybridized carbons (Fsp3) is 0.308. The van der Waals surface area contributed by atoms with E-state index in [0.29, 0.717) is 41.6 Å². The van der Waals surface area contributed by atoms with Crippen LogP contribution in [0.25, 0.3) is 11.2 Å². The molecule has 2 aromatic carbocycles. The zero-order valence-corrected chi connectivity index (χ0v) is 21.1. The quantitative estimate of drug-likeness (QED) is 0.304. The molecule has 4 aromatic rings. The molecule has 1 aliphatic heterocycles. The summed E-state index contributed by atoms with van der Waals surface area (Å²) in [4.78, 5) is 31.9. The molecule has 5 rings (SSSR count). The number of hydrogen-bond donors (Lipinski definition) is 3. The predicted octanol–water partition coefficient (Wildman–Crippen LogP) is 4.95. The van der Waals surface area contributed by atoms with Crippen LogP contribution in [0.2, 0.25) is 0 Å². The molecule has 0 unspecified atom stereocenters. The van der Waals surface area contributed by atoms with Crippen molar-refractivity contribution >= 4 is 28.6 Å². The highest BCUT2D eigenvalue weighted by Crippen LogP contribution is 2.35. The van der Waals surface area contributed by atoms with E-state index in [4.69, 9.17) is 4.74 Å². The van der Waals surface area contributed by atoms with Gasteiger partial charge in [-0.25, -0.2) is 14.8 Å². The second-order valence-corrected chi connectivity index (χ2v) is 9.07. The number of fused-ring (bicyclic) bond motifs is 1. The minimum atomic E-state index is -4.55. The molecule has 2 amide bonds. The van der Waals surface area contributed by atoms with Gasteiger partial charge in [0, 0.05) is 44.1 Å². The summed E-state index contributed by atoms with van der Waals surface area (Å²) in [6.07, 6.45) is -1.73. The van der Waals surface area contributed by atoms with E-state index in [1.807, 2.05) is 4.90 Å². The molecule has 0 spiro atoms. The van der Waals surface area contributed by atoms with Gasteiger partial charge >= 0.3 is 12.2 Å². The van der Waals surface area contributed by atoms with Crippen molar-refractivity contribution in [1.29, 1.82) is 0 Å². The molecule has 0 atom stereocenters. The maximum absolute atomic E-state index is 13.9. The molecule has 0 radical (unpaired) electrons. The van der Waals surface area contributed by atoms with Crippen molar-refractivity contribution in [3.8, 4) is 11.6 Å². The van der Waals surface area contributed by atoms with Gasteiger partial charge in [0.15, 0.2) is 5.65 Å². The van der Waals surface area contributed by atoms with Crippen LogP contribution in [0, 0.1) is 0 Å². The number of carbonyl (C=O) groups excluding carboxylic acids is 1. The number of aromatic amines is 1. The van der Waals surface area contributed by atoms with Gasteiger partial charge in [0.05, 0.1) is 11.9 Å². The Morgan fingerprint density at radius 1 is 0.974 bits per heavy atom. The first-order valence-electron chi connectivity index (χ1n) is 12.4. The summed E-state index contributed by atoms with van der Waals surface area (Å²) in [7, 11) is 0. The summed E-state index contributed by atoms with van der Waals surface area (Å²) in [5.41, 5.74) is 0.912. The molecule has 1 fully saturated rings. The first-order chi connectivity index (χ1) is 18.8. The molecular weight excluding hydrogens is 513 g/mol.